The molecule has 20 heavy (non-hydrogen) atoms. The summed E-state index contributed by atoms with van der Waals surface area (Å²) < 4.78 is 0. The van der Waals surface area contributed by atoms with Gasteiger partial charge in [0.1, 0.15) is 10.8 Å². The van der Waals surface area contributed by atoms with Crippen molar-refractivity contribution in [3.8, 4) is 0 Å². The van der Waals surface area contributed by atoms with Crippen LogP contribution in [0.2, 0.25) is 5.15 Å². The minimum Gasteiger partial charge on any atom is -0.321 e. The lowest BCUT2D eigenvalue weighted by molar-refractivity contribution is 0.102. The van der Waals surface area contributed by atoms with E-state index in [1.807, 2.05) is 38.4 Å². The molecule has 0 aliphatic heterocycles. The van der Waals surface area contributed by atoms with Gasteiger partial charge in [-0.25, -0.2) is 9.97 Å². The van der Waals surface area contributed by atoms with E-state index in [0.717, 1.165) is 17.8 Å². The van der Waals surface area contributed by atoms with Crippen molar-refractivity contribution in [1.29, 1.82) is 0 Å². The third-order valence-corrected chi connectivity index (χ3v) is 2.73. The molecule has 1 N–H and O–H groups in total. The lowest BCUT2D eigenvalue weighted by Crippen LogP contribution is -2.15. The molecule has 0 fully saturated rings. The normalized spacial score (nSPS) is 10.6. The van der Waals surface area contributed by atoms with E-state index >= 15 is 0 Å². The molecule has 0 unspecified atom stereocenters. The molecule has 0 spiro atoms. The standard InChI is InChI=1S/C14H15ClN4O/c1-19(2)9-10-4-3-5-11(6-10)18-14(20)12-7-17-13(15)8-16-12/h3-8H,9H2,1-2H3,(H,18,20). The second-order valence-corrected chi connectivity index (χ2v) is 5.00. The topological polar surface area (TPSA) is 58.1 Å². The summed E-state index contributed by atoms with van der Waals surface area (Å²) in [5.41, 5.74) is 2.08. The summed E-state index contributed by atoms with van der Waals surface area (Å²) in [6.45, 7) is 0.810. The van der Waals surface area contributed by atoms with Crippen LogP contribution in [0.3, 0.4) is 0 Å². The van der Waals surface area contributed by atoms with Crippen LogP contribution in [0.25, 0.3) is 0 Å². The van der Waals surface area contributed by atoms with E-state index in [1.165, 1.54) is 12.4 Å². The van der Waals surface area contributed by atoms with Gasteiger partial charge < -0.3 is 10.2 Å². The Morgan fingerprint density at radius 1 is 1.30 bits per heavy atom. The van der Waals surface area contributed by atoms with Gasteiger partial charge in [-0.05, 0) is 31.8 Å². The van der Waals surface area contributed by atoms with E-state index in [2.05, 4.69) is 20.2 Å². The summed E-state index contributed by atoms with van der Waals surface area (Å²) in [5, 5.41) is 3.05. The SMILES string of the molecule is CN(C)Cc1cccc(NC(=O)c2cnc(Cl)cn2)c1. The predicted molar refractivity (Wildman–Crippen MR) is 78.8 cm³/mol. The van der Waals surface area contributed by atoms with Crippen molar-refractivity contribution in [2.75, 3.05) is 19.4 Å². The summed E-state index contributed by atoms with van der Waals surface area (Å²) in [4.78, 5) is 21.8. The van der Waals surface area contributed by atoms with E-state index in [1.54, 1.807) is 0 Å². The number of nitrogens with one attached hydrogen (secondary N) is 1. The van der Waals surface area contributed by atoms with E-state index in [9.17, 15) is 4.79 Å². The van der Waals surface area contributed by atoms with Crippen LogP contribution in [0, 0.1) is 0 Å². The van der Waals surface area contributed by atoms with Gasteiger partial charge in [0, 0.05) is 12.2 Å². The molecule has 2 rings (SSSR count). The first kappa shape index (κ1) is 14.4. The van der Waals surface area contributed by atoms with Crippen LogP contribution in [0.4, 0.5) is 5.69 Å². The van der Waals surface area contributed by atoms with Gasteiger partial charge in [-0.15, -0.1) is 0 Å². The average molecular weight is 291 g/mol. The number of aromatic nitrogens is 2. The van der Waals surface area contributed by atoms with Gasteiger partial charge in [0.2, 0.25) is 0 Å². The molecule has 0 bridgehead atoms. The fraction of sp³-hybridized carbons (Fsp3) is 0.214. The molecule has 0 aliphatic rings. The number of carbonyl (C=O) groups is 1. The summed E-state index contributed by atoms with van der Waals surface area (Å²) in [7, 11) is 3.99. The van der Waals surface area contributed by atoms with Crippen molar-refractivity contribution in [2.45, 2.75) is 6.54 Å². The Bertz CT molecular complexity index is 598. The molecule has 0 aliphatic carbocycles. The van der Waals surface area contributed by atoms with Crippen LogP contribution in [-0.2, 0) is 6.54 Å². The highest BCUT2D eigenvalue weighted by Crippen LogP contribution is 2.13. The first-order chi connectivity index (χ1) is 9.54. The molecule has 0 radical (unpaired) electrons. The van der Waals surface area contributed by atoms with Crippen LogP contribution in [-0.4, -0.2) is 34.9 Å². The highest BCUT2D eigenvalue weighted by atomic mass is 35.5. The average Bonchev–Trinajstić information content (AvgIpc) is 2.39. The molecule has 2 aromatic rings. The Morgan fingerprint density at radius 3 is 2.75 bits per heavy atom. The molecule has 6 heteroatoms. The molecule has 104 valence electrons. The number of anilines is 1. The highest BCUT2D eigenvalue weighted by Gasteiger charge is 2.08. The zero-order valence-corrected chi connectivity index (χ0v) is 12.1. The number of hydrogen-bond donors (Lipinski definition) is 1. The quantitative estimate of drug-likeness (QED) is 0.940. The lowest BCUT2D eigenvalue weighted by Gasteiger charge is -2.11. The zero-order valence-electron chi connectivity index (χ0n) is 11.3. The molecular weight excluding hydrogens is 276 g/mol. The molecule has 0 saturated heterocycles. The fourth-order valence-electron chi connectivity index (χ4n) is 1.74. The highest BCUT2D eigenvalue weighted by molar-refractivity contribution is 6.29. The lowest BCUT2D eigenvalue weighted by atomic mass is 10.2. The first-order valence-electron chi connectivity index (χ1n) is 6.07. The van der Waals surface area contributed by atoms with Gasteiger partial charge in [-0.3, -0.25) is 4.79 Å². The number of nitrogens with zero attached hydrogens (tertiary/aromatic N) is 3. The molecule has 1 heterocycles. The third-order valence-electron chi connectivity index (χ3n) is 2.54. The van der Waals surface area contributed by atoms with Gasteiger partial charge in [-0.2, -0.15) is 0 Å². The van der Waals surface area contributed by atoms with Crippen molar-refractivity contribution in [1.82, 2.24) is 14.9 Å². The number of halogens is 1. The predicted octanol–water partition coefficient (Wildman–Crippen LogP) is 2.44. The Labute approximate surface area is 122 Å². The molecule has 1 aromatic heterocycles. The summed E-state index contributed by atoms with van der Waals surface area (Å²) in [6.07, 6.45) is 2.69. The number of hydrogen-bond acceptors (Lipinski definition) is 4. The molecule has 0 saturated carbocycles. The Balaban J connectivity index is 2.09. The first-order valence-corrected chi connectivity index (χ1v) is 6.45. The van der Waals surface area contributed by atoms with Crippen molar-refractivity contribution in [3.05, 3.63) is 53.1 Å². The minimum atomic E-state index is -0.309. The monoisotopic (exact) mass is 290 g/mol. The van der Waals surface area contributed by atoms with Gasteiger partial charge in [0.05, 0.1) is 12.4 Å². The molecule has 0 atom stereocenters. The van der Waals surface area contributed by atoms with E-state index in [0.29, 0.717) is 0 Å². The van der Waals surface area contributed by atoms with Gasteiger partial charge in [0.25, 0.3) is 5.91 Å². The van der Waals surface area contributed by atoms with Gasteiger partial charge >= 0.3 is 0 Å². The number of carbonyl (C=O) groups excluding carboxylic acids is 1. The second-order valence-electron chi connectivity index (χ2n) is 4.62. The molecule has 1 aromatic carbocycles. The Kier molecular flexibility index (Phi) is 4.65. The number of amides is 1. The maximum atomic E-state index is 12.0. The molecular formula is C14H15ClN4O. The summed E-state index contributed by atoms with van der Waals surface area (Å²) >= 11 is 5.64. The summed E-state index contributed by atoms with van der Waals surface area (Å²) in [6, 6.07) is 7.68. The Hall–Kier alpha value is -1.98. The van der Waals surface area contributed by atoms with Crippen molar-refractivity contribution >= 4 is 23.2 Å². The van der Waals surface area contributed by atoms with Crippen molar-refractivity contribution in [2.24, 2.45) is 0 Å². The number of benzene rings is 1. The Morgan fingerprint density at radius 2 is 2.10 bits per heavy atom. The van der Waals surface area contributed by atoms with Gasteiger partial charge in [0.15, 0.2) is 0 Å². The maximum Gasteiger partial charge on any atom is 0.275 e. The fourth-order valence-corrected chi connectivity index (χ4v) is 1.83. The zero-order chi connectivity index (χ0) is 14.5. The molecule has 5 nitrogen and oxygen atoms in total. The van der Waals surface area contributed by atoms with E-state index in [-0.39, 0.29) is 16.8 Å². The van der Waals surface area contributed by atoms with Crippen LogP contribution in [0.1, 0.15) is 16.1 Å². The second kappa shape index (κ2) is 6.45. The molecule has 1 amide bonds. The van der Waals surface area contributed by atoms with Crippen molar-refractivity contribution < 1.29 is 4.79 Å². The van der Waals surface area contributed by atoms with Crippen LogP contribution in [0.5, 0.6) is 0 Å². The largest absolute Gasteiger partial charge is 0.321 e. The van der Waals surface area contributed by atoms with Crippen LogP contribution >= 0.6 is 11.6 Å². The maximum absolute atomic E-state index is 12.0. The van der Waals surface area contributed by atoms with Gasteiger partial charge in [-0.1, -0.05) is 23.7 Å². The van der Waals surface area contributed by atoms with E-state index in [4.69, 9.17) is 11.6 Å². The minimum absolute atomic E-state index is 0.229. The van der Waals surface area contributed by atoms with Crippen LogP contribution in [0.15, 0.2) is 36.7 Å². The third kappa shape index (κ3) is 4.01. The van der Waals surface area contributed by atoms with Crippen molar-refractivity contribution in [3.63, 3.8) is 0 Å². The smallest absolute Gasteiger partial charge is 0.275 e. The number of rotatable bonds is 4. The van der Waals surface area contributed by atoms with Crippen LogP contribution < -0.4 is 5.32 Å². The summed E-state index contributed by atoms with van der Waals surface area (Å²) in [5.74, 6) is -0.309. The van der Waals surface area contributed by atoms with E-state index < -0.39 is 0 Å².